The summed E-state index contributed by atoms with van der Waals surface area (Å²) in [6.07, 6.45) is 5.17. The number of pyridine rings is 1. The van der Waals surface area contributed by atoms with Gasteiger partial charge in [-0.05, 0) is 30.3 Å². The van der Waals surface area contributed by atoms with E-state index >= 15 is 0 Å². The predicted molar refractivity (Wildman–Crippen MR) is 98.5 cm³/mol. The zero-order valence-corrected chi connectivity index (χ0v) is 14.7. The number of hydrogen-bond acceptors (Lipinski definition) is 4. The Labute approximate surface area is 156 Å². The summed E-state index contributed by atoms with van der Waals surface area (Å²) in [5, 5.41) is 10.3. The maximum atomic E-state index is 11.9. The fourth-order valence-electron chi connectivity index (χ4n) is 2.30. The minimum atomic E-state index is -0.282. The Morgan fingerprint density at radius 3 is 2.88 bits per heavy atom. The molecule has 0 radical (unpaired) electrons. The van der Waals surface area contributed by atoms with E-state index in [9.17, 15) is 4.79 Å². The molecule has 0 saturated heterocycles. The number of aromatic nitrogens is 3. The second-order valence-electron chi connectivity index (χ2n) is 5.35. The molecule has 0 aliphatic heterocycles. The van der Waals surface area contributed by atoms with Gasteiger partial charge in [0.05, 0.1) is 6.54 Å². The molecule has 8 heteroatoms. The highest BCUT2D eigenvalue weighted by Crippen LogP contribution is 2.16. The molecule has 2 N–H and O–H groups in total. The van der Waals surface area contributed by atoms with Crippen molar-refractivity contribution in [2.75, 3.05) is 13.2 Å². The van der Waals surface area contributed by atoms with Crippen molar-refractivity contribution < 1.29 is 9.53 Å². The van der Waals surface area contributed by atoms with Gasteiger partial charge in [0.25, 0.3) is 0 Å². The molecular formula is C18H18ClN5O2. The van der Waals surface area contributed by atoms with Gasteiger partial charge in [-0.25, -0.2) is 14.5 Å². The molecule has 0 aliphatic carbocycles. The first kappa shape index (κ1) is 17.8. The molecule has 26 heavy (non-hydrogen) atoms. The molecule has 2 aromatic heterocycles. The average Bonchev–Trinajstić information content (AvgIpc) is 3.18. The smallest absolute Gasteiger partial charge is 0.315 e. The highest BCUT2D eigenvalue weighted by molar-refractivity contribution is 6.30. The third-order valence-corrected chi connectivity index (χ3v) is 3.72. The van der Waals surface area contributed by atoms with Crippen molar-refractivity contribution in [2.45, 2.75) is 6.54 Å². The standard InChI is InChI=1S/C18H18ClN5O2/c19-15-5-1-6-16(12-15)26-11-9-21-18(25)22-13-14-4-2-7-20-17(14)24-10-3-8-23-24/h1-8,10,12H,9,11,13H2,(H2,21,22,25). The molecule has 0 aliphatic rings. The highest BCUT2D eigenvalue weighted by Gasteiger charge is 2.07. The SMILES string of the molecule is O=C(NCCOc1cccc(Cl)c1)NCc1cccnc1-n1cccn1. The number of nitrogens with zero attached hydrogens (tertiary/aromatic N) is 3. The van der Waals surface area contributed by atoms with Crippen LogP contribution in [-0.4, -0.2) is 33.9 Å². The van der Waals surface area contributed by atoms with E-state index in [-0.39, 0.29) is 6.03 Å². The number of ether oxygens (including phenoxy) is 1. The van der Waals surface area contributed by atoms with Crippen LogP contribution < -0.4 is 15.4 Å². The monoisotopic (exact) mass is 371 g/mol. The number of amides is 2. The summed E-state index contributed by atoms with van der Waals surface area (Å²) in [6, 6.07) is 12.4. The van der Waals surface area contributed by atoms with Gasteiger partial charge in [-0.15, -0.1) is 0 Å². The van der Waals surface area contributed by atoms with Crippen LogP contribution in [0.5, 0.6) is 5.75 Å². The van der Waals surface area contributed by atoms with E-state index in [0.717, 1.165) is 5.56 Å². The topological polar surface area (TPSA) is 81.1 Å². The van der Waals surface area contributed by atoms with Crippen LogP contribution >= 0.6 is 11.6 Å². The first-order valence-corrected chi connectivity index (χ1v) is 8.44. The fraction of sp³-hybridized carbons (Fsp3) is 0.167. The number of carbonyl (C=O) groups excluding carboxylic acids is 1. The summed E-state index contributed by atoms with van der Waals surface area (Å²) in [7, 11) is 0. The maximum Gasteiger partial charge on any atom is 0.315 e. The normalized spacial score (nSPS) is 10.3. The third-order valence-electron chi connectivity index (χ3n) is 3.48. The minimum absolute atomic E-state index is 0.282. The Morgan fingerprint density at radius 2 is 2.08 bits per heavy atom. The van der Waals surface area contributed by atoms with Gasteiger partial charge in [-0.3, -0.25) is 0 Å². The van der Waals surface area contributed by atoms with Gasteiger partial charge in [0.2, 0.25) is 0 Å². The second kappa shape index (κ2) is 8.87. The fourth-order valence-corrected chi connectivity index (χ4v) is 2.48. The Bertz CT molecular complexity index is 854. The van der Waals surface area contributed by atoms with Crippen LogP contribution in [0.1, 0.15) is 5.56 Å². The van der Waals surface area contributed by atoms with Crippen LogP contribution in [0.3, 0.4) is 0 Å². The van der Waals surface area contributed by atoms with Crippen LogP contribution in [0.25, 0.3) is 5.82 Å². The van der Waals surface area contributed by atoms with Gasteiger partial charge in [-0.1, -0.05) is 23.7 Å². The lowest BCUT2D eigenvalue weighted by Crippen LogP contribution is -2.37. The van der Waals surface area contributed by atoms with Crippen molar-refractivity contribution in [1.82, 2.24) is 25.4 Å². The first-order valence-electron chi connectivity index (χ1n) is 8.06. The van der Waals surface area contributed by atoms with Gasteiger partial charge in [-0.2, -0.15) is 5.10 Å². The van der Waals surface area contributed by atoms with Gasteiger partial charge >= 0.3 is 6.03 Å². The second-order valence-corrected chi connectivity index (χ2v) is 5.79. The van der Waals surface area contributed by atoms with E-state index in [0.29, 0.717) is 36.3 Å². The average molecular weight is 372 g/mol. The highest BCUT2D eigenvalue weighted by atomic mass is 35.5. The van der Waals surface area contributed by atoms with E-state index in [4.69, 9.17) is 16.3 Å². The van der Waals surface area contributed by atoms with E-state index in [1.165, 1.54) is 0 Å². The molecule has 0 unspecified atom stereocenters. The molecule has 3 aromatic rings. The zero-order valence-electron chi connectivity index (χ0n) is 13.9. The predicted octanol–water partition coefficient (Wildman–Crippen LogP) is 2.80. The Balaban J connectivity index is 1.43. The van der Waals surface area contributed by atoms with Gasteiger partial charge in [0.1, 0.15) is 12.4 Å². The number of benzene rings is 1. The number of halogens is 1. The molecule has 0 atom stereocenters. The van der Waals surface area contributed by atoms with Crippen molar-refractivity contribution in [1.29, 1.82) is 0 Å². The van der Waals surface area contributed by atoms with Gasteiger partial charge in [0, 0.05) is 35.7 Å². The summed E-state index contributed by atoms with van der Waals surface area (Å²) in [6.45, 7) is 1.06. The van der Waals surface area contributed by atoms with Crippen LogP contribution in [0.15, 0.2) is 61.1 Å². The van der Waals surface area contributed by atoms with Crippen LogP contribution in [0.4, 0.5) is 4.79 Å². The molecule has 0 spiro atoms. The van der Waals surface area contributed by atoms with Crippen molar-refractivity contribution in [3.05, 3.63) is 71.6 Å². The third kappa shape index (κ3) is 4.97. The lowest BCUT2D eigenvalue weighted by atomic mass is 10.2. The zero-order chi connectivity index (χ0) is 18.2. The summed E-state index contributed by atoms with van der Waals surface area (Å²) < 4.78 is 7.18. The summed E-state index contributed by atoms with van der Waals surface area (Å²) in [5.74, 6) is 1.35. The lowest BCUT2D eigenvalue weighted by molar-refractivity contribution is 0.236. The first-order chi connectivity index (χ1) is 12.7. The number of urea groups is 1. The molecule has 2 heterocycles. The summed E-state index contributed by atoms with van der Waals surface area (Å²) in [5.41, 5.74) is 0.863. The molecule has 0 bridgehead atoms. The molecule has 134 valence electrons. The molecule has 1 aromatic carbocycles. The van der Waals surface area contributed by atoms with Crippen LogP contribution in [0.2, 0.25) is 5.02 Å². The van der Waals surface area contributed by atoms with Crippen LogP contribution in [-0.2, 0) is 6.54 Å². The molecule has 2 amide bonds. The van der Waals surface area contributed by atoms with E-state index in [1.807, 2.05) is 30.3 Å². The van der Waals surface area contributed by atoms with Crippen LogP contribution in [0, 0.1) is 0 Å². The van der Waals surface area contributed by atoms with Crippen molar-refractivity contribution in [3.8, 4) is 11.6 Å². The summed E-state index contributed by atoms with van der Waals surface area (Å²) in [4.78, 5) is 16.3. The van der Waals surface area contributed by atoms with Crippen molar-refractivity contribution >= 4 is 17.6 Å². The van der Waals surface area contributed by atoms with E-state index < -0.39 is 0 Å². The molecule has 7 nitrogen and oxygen atoms in total. The Kier molecular flexibility index (Phi) is 6.05. The molecule has 0 fully saturated rings. The lowest BCUT2D eigenvalue weighted by Gasteiger charge is -2.11. The largest absolute Gasteiger partial charge is 0.492 e. The van der Waals surface area contributed by atoms with E-state index in [2.05, 4.69) is 20.7 Å². The number of rotatable bonds is 7. The van der Waals surface area contributed by atoms with Crippen molar-refractivity contribution in [2.24, 2.45) is 0 Å². The molecule has 0 saturated carbocycles. The molecular weight excluding hydrogens is 354 g/mol. The molecule has 3 rings (SSSR count). The maximum absolute atomic E-state index is 11.9. The quantitative estimate of drug-likeness (QED) is 0.626. The summed E-state index contributed by atoms with van der Waals surface area (Å²) >= 11 is 5.89. The Morgan fingerprint density at radius 1 is 1.15 bits per heavy atom. The minimum Gasteiger partial charge on any atom is -0.492 e. The van der Waals surface area contributed by atoms with E-state index in [1.54, 1.807) is 35.4 Å². The van der Waals surface area contributed by atoms with Gasteiger partial charge in [0.15, 0.2) is 5.82 Å². The number of carbonyl (C=O) groups is 1. The van der Waals surface area contributed by atoms with Gasteiger partial charge < -0.3 is 15.4 Å². The van der Waals surface area contributed by atoms with Crippen molar-refractivity contribution in [3.63, 3.8) is 0 Å². The number of hydrogen-bond donors (Lipinski definition) is 2. The number of nitrogens with one attached hydrogen (secondary N) is 2. The Hall–Kier alpha value is -3.06.